The molecule has 0 unspecified atom stereocenters. The number of aliphatic hydroxyl groups is 1. The summed E-state index contributed by atoms with van der Waals surface area (Å²) in [6, 6.07) is 8.52. The number of carbonyl (C=O) groups is 1. The van der Waals surface area contributed by atoms with Crippen LogP contribution in [-0.2, 0) is 5.75 Å². The molecule has 0 saturated heterocycles. The number of aliphatic hydroxyl groups excluding tert-OH is 1. The van der Waals surface area contributed by atoms with E-state index in [1.165, 1.54) is 18.8 Å². The van der Waals surface area contributed by atoms with Crippen molar-refractivity contribution in [1.82, 2.24) is 24.5 Å². The van der Waals surface area contributed by atoms with Gasteiger partial charge in [0.2, 0.25) is 5.16 Å². The van der Waals surface area contributed by atoms with Crippen LogP contribution < -0.4 is 0 Å². The first-order chi connectivity index (χ1) is 14.1. The van der Waals surface area contributed by atoms with Crippen LogP contribution in [0.15, 0.2) is 35.5 Å². The van der Waals surface area contributed by atoms with Crippen molar-refractivity contribution in [3.8, 4) is 0 Å². The molecular formula is C19H20F3N5O2S. The summed E-state index contributed by atoms with van der Waals surface area (Å²) in [6.45, 7) is 2.91. The molecule has 0 aliphatic carbocycles. The van der Waals surface area contributed by atoms with Gasteiger partial charge in [-0.2, -0.15) is 18.2 Å². The number of fused-ring (bicyclic) bond motifs is 1. The number of hydrogen-bond acceptors (Lipinski definition) is 6. The molecule has 3 aromatic rings. The van der Waals surface area contributed by atoms with Crippen LogP contribution in [-0.4, -0.2) is 61.4 Å². The highest BCUT2D eigenvalue weighted by Crippen LogP contribution is 2.25. The Morgan fingerprint density at radius 1 is 1.27 bits per heavy atom. The first kappa shape index (κ1) is 22.0. The number of amides is 1. The number of thioether (sulfide) groups is 1. The van der Waals surface area contributed by atoms with Gasteiger partial charge in [-0.1, -0.05) is 30.0 Å². The van der Waals surface area contributed by atoms with Crippen molar-refractivity contribution in [2.24, 2.45) is 0 Å². The van der Waals surface area contributed by atoms with Gasteiger partial charge in [-0.15, -0.1) is 5.10 Å². The smallest absolute Gasteiger partial charge is 0.382 e. The molecule has 160 valence electrons. The van der Waals surface area contributed by atoms with Gasteiger partial charge in [-0.25, -0.2) is 9.50 Å². The number of hydrogen-bond donors (Lipinski definition) is 1. The van der Waals surface area contributed by atoms with Gasteiger partial charge in [0.25, 0.3) is 11.7 Å². The zero-order chi connectivity index (χ0) is 22.1. The van der Waals surface area contributed by atoms with Gasteiger partial charge in [0.1, 0.15) is 0 Å². The van der Waals surface area contributed by atoms with Gasteiger partial charge in [0, 0.05) is 29.8 Å². The van der Waals surface area contributed by atoms with Crippen molar-refractivity contribution in [1.29, 1.82) is 0 Å². The molecule has 2 heterocycles. The molecular weight excluding hydrogens is 419 g/mol. The lowest BCUT2D eigenvalue weighted by Crippen LogP contribution is -2.42. The summed E-state index contributed by atoms with van der Waals surface area (Å²) in [6.07, 6.45) is -7.39. The number of nitrogens with zero attached hydrogens (tertiary/aromatic N) is 5. The summed E-state index contributed by atoms with van der Waals surface area (Å²) in [5.41, 5.74) is 2.60. The normalized spacial score (nSPS) is 12.9. The molecule has 0 saturated carbocycles. The predicted molar refractivity (Wildman–Crippen MR) is 105 cm³/mol. The monoisotopic (exact) mass is 439 g/mol. The maximum atomic E-state index is 12.7. The van der Waals surface area contributed by atoms with Crippen molar-refractivity contribution in [2.45, 2.75) is 37.0 Å². The van der Waals surface area contributed by atoms with E-state index >= 15 is 0 Å². The Bertz CT molecular complexity index is 1070. The van der Waals surface area contributed by atoms with Crippen LogP contribution in [0.2, 0.25) is 0 Å². The third-order valence-corrected chi connectivity index (χ3v) is 5.26. The summed E-state index contributed by atoms with van der Waals surface area (Å²) in [5.74, 6) is 0.206. The van der Waals surface area contributed by atoms with Crippen LogP contribution in [0.25, 0.3) is 5.78 Å². The molecule has 1 N–H and O–H groups in total. The third kappa shape index (κ3) is 4.90. The molecule has 0 spiro atoms. The SMILES string of the molecule is Cc1cc(C)n2nc(SCc3ccccc3C(=O)N(C)C[C@@H](O)C(F)(F)F)nc2n1. The van der Waals surface area contributed by atoms with E-state index in [0.717, 1.165) is 16.3 Å². The minimum absolute atomic E-state index is 0.260. The first-order valence-electron chi connectivity index (χ1n) is 8.98. The zero-order valence-corrected chi connectivity index (χ0v) is 17.3. The minimum atomic E-state index is -4.79. The highest BCUT2D eigenvalue weighted by molar-refractivity contribution is 7.98. The van der Waals surface area contributed by atoms with E-state index in [-0.39, 0.29) is 5.56 Å². The van der Waals surface area contributed by atoms with E-state index in [1.54, 1.807) is 28.8 Å². The standard InChI is InChI=1S/C19H20F3N5O2S/c1-11-8-12(2)27-17(23-11)24-18(25-27)30-10-13-6-4-5-7-14(13)16(29)26(3)9-15(28)19(20,21)22/h4-8,15,28H,9-10H2,1-3H3/t15-/m1/s1. The fourth-order valence-electron chi connectivity index (χ4n) is 2.86. The van der Waals surface area contributed by atoms with E-state index in [9.17, 15) is 23.1 Å². The molecule has 30 heavy (non-hydrogen) atoms. The lowest BCUT2D eigenvalue weighted by molar-refractivity contribution is -0.205. The van der Waals surface area contributed by atoms with Gasteiger partial charge in [0.05, 0.1) is 6.54 Å². The average Bonchev–Trinajstić information content (AvgIpc) is 3.08. The summed E-state index contributed by atoms with van der Waals surface area (Å²) in [7, 11) is 1.22. The van der Waals surface area contributed by atoms with E-state index in [1.807, 2.05) is 19.9 Å². The Labute approximate surface area is 174 Å². The Balaban J connectivity index is 1.75. The highest BCUT2D eigenvalue weighted by atomic mass is 32.2. The second-order valence-electron chi connectivity index (χ2n) is 6.83. The average molecular weight is 439 g/mol. The number of halogens is 3. The van der Waals surface area contributed by atoms with Crippen molar-refractivity contribution in [3.05, 3.63) is 52.8 Å². The van der Waals surface area contributed by atoms with Gasteiger partial charge < -0.3 is 10.0 Å². The summed E-state index contributed by atoms with van der Waals surface area (Å²) in [5, 5.41) is 14.1. The maximum Gasteiger partial charge on any atom is 0.416 e. The van der Waals surface area contributed by atoms with Gasteiger partial charge in [-0.3, -0.25) is 4.79 Å². The summed E-state index contributed by atoms with van der Waals surface area (Å²) < 4.78 is 39.4. The number of likely N-dealkylation sites (N-methyl/N-ethyl adjacent to an activating group) is 1. The number of aromatic nitrogens is 4. The molecule has 1 aromatic carbocycles. The second-order valence-corrected chi connectivity index (χ2v) is 7.78. The quantitative estimate of drug-likeness (QED) is 0.595. The molecule has 0 bridgehead atoms. The predicted octanol–water partition coefficient (Wildman–Crippen LogP) is 3.03. The molecule has 0 aliphatic heterocycles. The molecule has 1 atom stereocenters. The Hall–Kier alpha value is -2.66. The molecule has 1 amide bonds. The number of alkyl halides is 3. The number of rotatable bonds is 6. The van der Waals surface area contributed by atoms with Crippen LogP contribution in [0.5, 0.6) is 0 Å². The van der Waals surface area contributed by atoms with E-state index in [4.69, 9.17) is 0 Å². The largest absolute Gasteiger partial charge is 0.416 e. The van der Waals surface area contributed by atoms with Gasteiger partial charge in [0.15, 0.2) is 6.10 Å². The molecule has 11 heteroatoms. The van der Waals surface area contributed by atoms with E-state index in [0.29, 0.717) is 22.3 Å². The fraction of sp³-hybridized carbons (Fsp3) is 0.368. The van der Waals surface area contributed by atoms with Crippen LogP contribution >= 0.6 is 11.8 Å². The second kappa shape index (κ2) is 8.60. The molecule has 0 aliphatic rings. The Morgan fingerprint density at radius 3 is 2.67 bits per heavy atom. The molecule has 7 nitrogen and oxygen atoms in total. The maximum absolute atomic E-state index is 12.7. The van der Waals surface area contributed by atoms with Crippen LogP contribution in [0, 0.1) is 13.8 Å². The van der Waals surface area contributed by atoms with Gasteiger partial charge in [-0.05, 0) is 31.5 Å². The van der Waals surface area contributed by atoms with Crippen molar-refractivity contribution in [2.75, 3.05) is 13.6 Å². The molecule has 0 fully saturated rings. The van der Waals surface area contributed by atoms with E-state index in [2.05, 4.69) is 15.1 Å². The van der Waals surface area contributed by atoms with Crippen molar-refractivity contribution in [3.63, 3.8) is 0 Å². The Kier molecular flexibility index (Phi) is 6.32. The van der Waals surface area contributed by atoms with Crippen LogP contribution in [0.3, 0.4) is 0 Å². The van der Waals surface area contributed by atoms with Crippen LogP contribution in [0.1, 0.15) is 27.3 Å². The molecule has 0 radical (unpaired) electrons. The summed E-state index contributed by atoms with van der Waals surface area (Å²) >= 11 is 1.29. The minimum Gasteiger partial charge on any atom is -0.382 e. The van der Waals surface area contributed by atoms with Gasteiger partial charge >= 0.3 is 6.18 Å². The number of benzene rings is 1. The van der Waals surface area contributed by atoms with Crippen molar-refractivity contribution < 1.29 is 23.1 Å². The summed E-state index contributed by atoms with van der Waals surface area (Å²) in [4.78, 5) is 22.2. The first-order valence-corrected chi connectivity index (χ1v) is 9.97. The van der Waals surface area contributed by atoms with Crippen molar-refractivity contribution >= 4 is 23.4 Å². The zero-order valence-electron chi connectivity index (χ0n) is 16.5. The molecule has 2 aromatic heterocycles. The van der Waals surface area contributed by atoms with E-state index < -0.39 is 24.7 Å². The molecule has 3 rings (SSSR count). The lowest BCUT2D eigenvalue weighted by atomic mass is 10.1. The topological polar surface area (TPSA) is 83.6 Å². The lowest BCUT2D eigenvalue weighted by Gasteiger charge is -2.23. The fourth-order valence-corrected chi connectivity index (χ4v) is 3.68. The number of aryl methyl sites for hydroxylation is 2. The van der Waals surface area contributed by atoms with Crippen LogP contribution in [0.4, 0.5) is 13.2 Å². The third-order valence-electron chi connectivity index (χ3n) is 4.37. The highest BCUT2D eigenvalue weighted by Gasteiger charge is 2.39. The number of carbonyl (C=O) groups excluding carboxylic acids is 1. The Morgan fingerprint density at radius 2 is 1.97 bits per heavy atom.